The third-order valence-corrected chi connectivity index (χ3v) is 5.41. The van der Waals surface area contributed by atoms with Gasteiger partial charge in [-0.1, -0.05) is 30.3 Å². The highest BCUT2D eigenvalue weighted by Gasteiger charge is 2.30. The molecule has 2 aromatic carbocycles. The van der Waals surface area contributed by atoms with E-state index in [4.69, 9.17) is 9.72 Å². The summed E-state index contributed by atoms with van der Waals surface area (Å²) in [6, 6.07) is 16.4. The summed E-state index contributed by atoms with van der Waals surface area (Å²) < 4.78 is 7.82. The number of amides is 1. The molecule has 3 aromatic rings. The Hall–Kier alpha value is -2.86. The fourth-order valence-corrected chi connectivity index (χ4v) is 4.00. The molecule has 1 fully saturated rings. The standard InChI is InChI=1S/C24H30N4O2/c1-24(2,3)30-23(29)28-14-8-13-25-16-21(28)17-9-7-10-18(15-17)22-26-19-11-5-6-12-20(19)27(22)4/h5-7,9-12,15,21,25H,8,13-14,16H2,1-4H3. The highest BCUT2D eigenvalue weighted by Crippen LogP contribution is 2.29. The number of benzene rings is 2. The second kappa shape index (κ2) is 8.11. The van der Waals surface area contributed by atoms with Crippen LogP contribution in [0, 0.1) is 0 Å². The molecule has 0 radical (unpaired) electrons. The van der Waals surface area contributed by atoms with Crippen LogP contribution in [-0.2, 0) is 11.8 Å². The van der Waals surface area contributed by atoms with Crippen LogP contribution in [0.25, 0.3) is 22.4 Å². The molecule has 6 nitrogen and oxygen atoms in total. The van der Waals surface area contributed by atoms with E-state index < -0.39 is 5.60 Å². The Labute approximate surface area is 177 Å². The van der Waals surface area contributed by atoms with Crippen LogP contribution >= 0.6 is 0 Å². The van der Waals surface area contributed by atoms with E-state index in [2.05, 4.69) is 34.1 Å². The summed E-state index contributed by atoms with van der Waals surface area (Å²) in [5, 5.41) is 3.47. The molecule has 1 aliphatic rings. The maximum absolute atomic E-state index is 12.9. The zero-order valence-electron chi connectivity index (χ0n) is 18.2. The van der Waals surface area contributed by atoms with Crippen LogP contribution in [0.3, 0.4) is 0 Å². The van der Waals surface area contributed by atoms with E-state index in [1.165, 1.54) is 0 Å². The van der Waals surface area contributed by atoms with Gasteiger partial charge in [-0.25, -0.2) is 9.78 Å². The van der Waals surface area contributed by atoms with Gasteiger partial charge in [0.05, 0.1) is 17.1 Å². The number of rotatable bonds is 2. The molecule has 1 aromatic heterocycles. The van der Waals surface area contributed by atoms with Gasteiger partial charge in [-0.2, -0.15) is 0 Å². The van der Waals surface area contributed by atoms with E-state index >= 15 is 0 Å². The van der Waals surface area contributed by atoms with Gasteiger partial charge < -0.3 is 14.6 Å². The molecule has 0 bridgehead atoms. The normalized spacial score (nSPS) is 17.7. The smallest absolute Gasteiger partial charge is 0.410 e. The van der Waals surface area contributed by atoms with Gasteiger partial charge in [0.15, 0.2) is 0 Å². The Bertz CT molecular complexity index is 1050. The molecule has 1 aliphatic heterocycles. The second-order valence-electron chi connectivity index (χ2n) is 8.86. The fraction of sp³-hybridized carbons (Fsp3) is 0.417. The Balaban J connectivity index is 1.70. The molecule has 1 saturated heterocycles. The zero-order valence-corrected chi connectivity index (χ0v) is 18.2. The predicted octanol–water partition coefficient (Wildman–Crippen LogP) is 4.51. The topological polar surface area (TPSA) is 59.4 Å². The van der Waals surface area contributed by atoms with Gasteiger partial charge in [-0.15, -0.1) is 0 Å². The van der Waals surface area contributed by atoms with Crippen molar-refractivity contribution < 1.29 is 9.53 Å². The first-order valence-electron chi connectivity index (χ1n) is 10.6. The third-order valence-electron chi connectivity index (χ3n) is 5.41. The average molecular weight is 407 g/mol. The highest BCUT2D eigenvalue weighted by atomic mass is 16.6. The van der Waals surface area contributed by atoms with Crippen molar-refractivity contribution in [1.82, 2.24) is 19.8 Å². The minimum atomic E-state index is -0.518. The monoisotopic (exact) mass is 406 g/mol. The van der Waals surface area contributed by atoms with Gasteiger partial charge in [0.1, 0.15) is 11.4 Å². The van der Waals surface area contributed by atoms with Crippen molar-refractivity contribution in [3.8, 4) is 11.4 Å². The van der Waals surface area contributed by atoms with E-state index in [1.54, 1.807) is 0 Å². The molecule has 0 saturated carbocycles. The Morgan fingerprint density at radius 1 is 1.17 bits per heavy atom. The summed E-state index contributed by atoms with van der Waals surface area (Å²) in [5.74, 6) is 0.920. The number of nitrogens with zero attached hydrogens (tertiary/aromatic N) is 3. The molecule has 0 aliphatic carbocycles. The van der Waals surface area contributed by atoms with Crippen molar-refractivity contribution in [2.24, 2.45) is 7.05 Å². The molecule has 0 spiro atoms. The Morgan fingerprint density at radius 2 is 1.97 bits per heavy atom. The number of para-hydroxylation sites is 2. The molecule has 1 N–H and O–H groups in total. The molecule has 30 heavy (non-hydrogen) atoms. The number of hydrogen-bond donors (Lipinski definition) is 1. The largest absolute Gasteiger partial charge is 0.444 e. The van der Waals surface area contributed by atoms with Crippen LogP contribution in [0.2, 0.25) is 0 Å². The molecule has 2 heterocycles. The molecular weight excluding hydrogens is 376 g/mol. The number of aromatic nitrogens is 2. The van der Waals surface area contributed by atoms with E-state index in [1.807, 2.05) is 57.0 Å². The van der Waals surface area contributed by atoms with Crippen LogP contribution in [0.5, 0.6) is 0 Å². The number of fused-ring (bicyclic) bond motifs is 1. The summed E-state index contributed by atoms with van der Waals surface area (Å²) >= 11 is 0. The number of carbonyl (C=O) groups excluding carboxylic acids is 1. The van der Waals surface area contributed by atoms with Crippen LogP contribution in [0.15, 0.2) is 48.5 Å². The van der Waals surface area contributed by atoms with E-state index in [-0.39, 0.29) is 12.1 Å². The molecule has 4 rings (SSSR count). The maximum Gasteiger partial charge on any atom is 0.410 e. The maximum atomic E-state index is 12.9. The molecule has 158 valence electrons. The van der Waals surface area contributed by atoms with Crippen LogP contribution in [-0.4, -0.2) is 45.8 Å². The Morgan fingerprint density at radius 3 is 2.73 bits per heavy atom. The van der Waals surface area contributed by atoms with Crippen LogP contribution < -0.4 is 5.32 Å². The minimum absolute atomic E-state index is 0.0861. The van der Waals surface area contributed by atoms with Crippen molar-refractivity contribution in [3.63, 3.8) is 0 Å². The SMILES string of the molecule is Cn1c(-c2cccc(C3CNCCCN3C(=O)OC(C)(C)C)c2)nc2ccccc21. The number of ether oxygens (including phenoxy) is 1. The molecular formula is C24H30N4O2. The van der Waals surface area contributed by atoms with Crippen LogP contribution in [0.1, 0.15) is 38.8 Å². The summed E-state index contributed by atoms with van der Waals surface area (Å²) in [7, 11) is 2.04. The number of imidazole rings is 1. The first-order valence-corrected chi connectivity index (χ1v) is 10.6. The third kappa shape index (κ3) is 4.19. The lowest BCUT2D eigenvalue weighted by Crippen LogP contribution is -2.41. The number of carbonyl (C=O) groups is 1. The first kappa shape index (κ1) is 20.4. The zero-order chi connectivity index (χ0) is 21.3. The molecule has 1 unspecified atom stereocenters. The fourth-order valence-electron chi connectivity index (χ4n) is 4.00. The van der Waals surface area contributed by atoms with Crippen molar-refractivity contribution in [3.05, 3.63) is 54.1 Å². The van der Waals surface area contributed by atoms with Crippen molar-refractivity contribution >= 4 is 17.1 Å². The predicted molar refractivity (Wildman–Crippen MR) is 119 cm³/mol. The average Bonchev–Trinajstić information content (AvgIpc) is 2.88. The van der Waals surface area contributed by atoms with Gasteiger partial charge in [0.2, 0.25) is 0 Å². The summed E-state index contributed by atoms with van der Waals surface area (Å²) in [4.78, 5) is 19.6. The van der Waals surface area contributed by atoms with Crippen molar-refractivity contribution in [1.29, 1.82) is 0 Å². The molecule has 6 heteroatoms. The van der Waals surface area contributed by atoms with Gasteiger partial charge in [0, 0.05) is 25.7 Å². The first-order chi connectivity index (χ1) is 14.3. The number of aryl methyl sites for hydroxylation is 1. The molecule has 1 amide bonds. The second-order valence-corrected chi connectivity index (χ2v) is 8.86. The lowest BCUT2D eigenvalue weighted by molar-refractivity contribution is 0.0174. The highest BCUT2D eigenvalue weighted by molar-refractivity contribution is 5.80. The molecule has 1 atom stereocenters. The van der Waals surface area contributed by atoms with Crippen LogP contribution in [0.4, 0.5) is 4.79 Å². The summed E-state index contributed by atoms with van der Waals surface area (Å²) in [6.45, 7) is 7.97. The minimum Gasteiger partial charge on any atom is -0.444 e. The van der Waals surface area contributed by atoms with Gasteiger partial charge in [0.25, 0.3) is 0 Å². The summed E-state index contributed by atoms with van der Waals surface area (Å²) in [5.41, 5.74) is 3.69. The summed E-state index contributed by atoms with van der Waals surface area (Å²) in [6.07, 6.45) is 0.643. The lowest BCUT2D eigenvalue weighted by atomic mass is 10.0. The number of nitrogens with one attached hydrogen (secondary N) is 1. The lowest BCUT2D eigenvalue weighted by Gasteiger charge is -2.32. The van der Waals surface area contributed by atoms with Gasteiger partial charge >= 0.3 is 6.09 Å². The Kier molecular flexibility index (Phi) is 5.52. The van der Waals surface area contributed by atoms with E-state index in [0.29, 0.717) is 13.1 Å². The van der Waals surface area contributed by atoms with Crippen molar-refractivity contribution in [2.75, 3.05) is 19.6 Å². The van der Waals surface area contributed by atoms with Crippen molar-refractivity contribution in [2.45, 2.75) is 38.8 Å². The van der Waals surface area contributed by atoms with E-state index in [9.17, 15) is 4.79 Å². The van der Waals surface area contributed by atoms with Gasteiger partial charge in [-0.05, 0) is 57.5 Å². The van der Waals surface area contributed by atoms with Gasteiger partial charge in [-0.3, -0.25) is 4.90 Å². The van der Waals surface area contributed by atoms with E-state index in [0.717, 1.165) is 41.0 Å². The quantitative estimate of drug-likeness (QED) is 0.680. The number of hydrogen-bond acceptors (Lipinski definition) is 4.